The van der Waals surface area contributed by atoms with Gasteiger partial charge < -0.3 is 10.6 Å². The molecule has 0 saturated carbocycles. The third kappa shape index (κ3) is 4.82. The van der Waals surface area contributed by atoms with Crippen molar-refractivity contribution in [3.63, 3.8) is 0 Å². The van der Waals surface area contributed by atoms with Crippen molar-refractivity contribution >= 4 is 5.91 Å². The highest BCUT2D eigenvalue weighted by atomic mass is 16.2. The average molecular weight is 303 g/mol. The number of amides is 1. The number of rotatable bonds is 7. The van der Waals surface area contributed by atoms with Gasteiger partial charge in [0.2, 0.25) is 5.91 Å². The summed E-state index contributed by atoms with van der Waals surface area (Å²) in [5.74, 6) is 0.136. The lowest BCUT2D eigenvalue weighted by molar-refractivity contribution is -0.123. The standard InChI is InChI=1S/C18H29N3O/c1-3-21(4-2)14-16-10-6-5-9-15(16)13-20-18(22)17-11-7-8-12-19-17/h5-6,9-10,17,19H,3-4,7-8,11-14H2,1-2H3,(H,20,22). The Bertz CT molecular complexity index is 465. The van der Waals surface area contributed by atoms with Crippen LogP contribution in [0.25, 0.3) is 0 Å². The van der Waals surface area contributed by atoms with Gasteiger partial charge in [0, 0.05) is 13.1 Å². The molecule has 1 aliphatic heterocycles. The summed E-state index contributed by atoms with van der Waals surface area (Å²) in [4.78, 5) is 14.6. The number of hydrogen-bond acceptors (Lipinski definition) is 3. The van der Waals surface area contributed by atoms with Crippen molar-refractivity contribution in [2.24, 2.45) is 0 Å². The van der Waals surface area contributed by atoms with E-state index < -0.39 is 0 Å². The molecule has 0 radical (unpaired) electrons. The number of benzene rings is 1. The first-order valence-corrected chi connectivity index (χ1v) is 8.54. The van der Waals surface area contributed by atoms with E-state index in [0.717, 1.165) is 39.0 Å². The van der Waals surface area contributed by atoms with E-state index in [4.69, 9.17) is 0 Å². The van der Waals surface area contributed by atoms with E-state index in [-0.39, 0.29) is 11.9 Å². The van der Waals surface area contributed by atoms with Crippen LogP contribution in [0, 0.1) is 0 Å². The van der Waals surface area contributed by atoms with Gasteiger partial charge in [-0.2, -0.15) is 0 Å². The van der Waals surface area contributed by atoms with Gasteiger partial charge in [-0.05, 0) is 43.6 Å². The fourth-order valence-electron chi connectivity index (χ4n) is 2.95. The number of piperidine rings is 1. The van der Waals surface area contributed by atoms with Crippen LogP contribution in [0.1, 0.15) is 44.2 Å². The van der Waals surface area contributed by atoms with E-state index in [1.165, 1.54) is 17.5 Å². The Labute approximate surface area is 134 Å². The largest absolute Gasteiger partial charge is 0.351 e. The van der Waals surface area contributed by atoms with Crippen molar-refractivity contribution in [1.82, 2.24) is 15.5 Å². The molecule has 2 N–H and O–H groups in total. The second kappa shape index (κ2) is 8.91. The zero-order valence-electron chi connectivity index (χ0n) is 13.9. The zero-order valence-corrected chi connectivity index (χ0v) is 13.9. The molecule has 1 heterocycles. The Kier molecular flexibility index (Phi) is 6.87. The van der Waals surface area contributed by atoms with E-state index in [2.05, 4.69) is 47.6 Å². The second-order valence-electron chi connectivity index (χ2n) is 5.95. The Balaban J connectivity index is 1.93. The Morgan fingerprint density at radius 1 is 1.23 bits per heavy atom. The number of nitrogens with one attached hydrogen (secondary N) is 2. The molecule has 1 aromatic carbocycles. The monoisotopic (exact) mass is 303 g/mol. The second-order valence-corrected chi connectivity index (χ2v) is 5.95. The predicted molar refractivity (Wildman–Crippen MR) is 90.6 cm³/mol. The summed E-state index contributed by atoms with van der Waals surface area (Å²) in [6.07, 6.45) is 3.27. The lowest BCUT2D eigenvalue weighted by Gasteiger charge is -2.23. The summed E-state index contributed by atoms with van der Waals surface area (Å²) in [5, 5.41) is 6.40. The zero-order chi connectivity index (χ0) is 15.8. The number of carbonyl (C=O) groups is 1. The highest BCUT2D eigenvalue weighted by Gasteiger charge is 2.20. The summed E-state index contributed by atoms with van der Waals surface area (Å²) in [6.45, 7) is 8.98. The maximum atomic E-state index is 12.2. The van der Waals surface area contributed by atoms with E-state index >= 15 is 0 Å². The minimum absolute atomic E-state index is 0.0105. The van der Waals surface area contributed by atoms with Gasteiger partial charge in [-0.3, -0.25) is 9.69 Å². The summed E-state index contributed by atoms with van der Waals surface area (Å²) in [6, 6.07) is 8.40. The minimum Gasteiger partial charge on any atom is -0.351 e. The number of carbonyl (C=O) groups excluding carboxylic acids is 1. The van der Waals surface area contributed by atoms with Crippen LogP contribution in [0.5, 0.6) is 0 Å². The van der Waals surface area contributed by atoms with Gasteiger partial charge in [0.1, 0.15) is 0 Å². The molecule has 1 amide bonds. The van der Waals surface area contributed by atoms with Gasteiger partial charge in [0.05, 0.1) is 6.04 Å². The van der Waals surface area contributed by atoms with Crippen molar-refractivity contribution in [2.75, 3.05) is 19.6 Å². The normalized spacial score (nSPS) is 18.4. The molecule has 2 rings (SSSR count). The smallest absolute Gasteiger partial charge is 0.237 e. The molecule has 0 aliphatic carbocycles. The van der Waals surface area contributed by atoms with Crippen LogP contribution >= 0.6 is 0 Å². The Morgan fingerprint density at radius 2 is 1.95 bits per heavy atom. The molecule has 4 nitrogen and oxygen atoms in total. The van der Waals surface area contributed by atoms with Gasteiger partial charge in [0.15, 0.2) is 0 Å². The van der Waals surface area contributed by atoms with Crippen LogP contribution in [-0.2, 0) is 17.9 Å². The van der Waals surface area contributed by atoms with Crippen molar-refractivity contribution in [3.05, 3.63) is 35.4 Å². The molecule has 4 heteroatoms. The highest BCUT2D eigenvalue weighted by Crippen LogP contribution is 2.12. The van der Waals surface area contributed by atoms with Crippen LogP contribution in [0.4, 0.5) is 0 Å². The minimum atomic E-state index is -0.0105. The van der Waals surface area contributed by atoms with Crippen molar-refractivity contribution < 1.29 is 4.79 Å². The molecule has 122 valence electrons. The van der Waals surface area contributed by atoms with E-state index in [1.54, 1.807) is 0 Å². The van der Waals surface area contributed by atoms with Crippen LogP contribution < -0.4 is 10.6 Å². The van der Waals surface area contributed by atoms with Crippen molar-refractivity contribution in [2.45, 2.75) is 52.2 Å². The molecule has 1 atom stereocenters. The van der Waals surface area contributed by atoms with Crippen molar-refractivity contribution in [1.29, 1.82) is 0 Å². The fraction of sp³-hybridized carbons (Fsp3) is 0.611. The molecule has 0 bridgehead atoms. The summed E-state index contributed by atoms with van der Waals surface area (Å²) in [5.41, 5.74) is 2.53. The van der Waals surface area contributed by atoms with Gasteiger partial charge in [-0.15, -0.1) is 0 Å². The van der Waals surface area contributed by atoms with E-state index in [9.17, 15) is 4.79 Å². The lowest BCUT2D eigenvalue weighted by atomic mass is 10.0. The van der Waals surface area contributed by atoms with Gasteiger partial charge >= 0.3 is 0 Å². The molecule has 1 fully saturated rings. The Morgan fingerprint density at radius 3 is 2.59 bits per heavy atom. The van der Waals surface area contributed by atoms with E-state index in [0.29, 0.717) is 6.54 Å². The van der Waals surface area contributed by atoms with Crippen LogP contribution in [0.3, 0.4) is 0 Å². The third-order valence-electron chi connectivity index (χ3n) is 4.49. The molecule has 1 aromatic rings. The van der Waals surface area contributed by atoms with Crippen LogP contribution in [-0.4, -0.2) is 36.5 Å². The summed E-state index contributed by atoms with van der Waals surface area (Å²) >= 11 is 0. The third-order valence-corrected chi connectivity index (χ3v) is 4.49. The number of nitrogens with zero attached hydrogens (tertiary/aromatic N) is 1. The molecular weight excluding hydrogens is 274 g/mol. The lowest BCUT2D eigenvalue weighted by Crippen LogP contribution is -2.46. The molecule has 1 aliphatic rings. The molecule has 0 aromatic heterocycles. The van der Waals surface area contributed by atoms with E-state index in [1.807, 2.05) is 6.07 Å². The van der Waals surface area contributed by atoms with Crippen molar-refractivity contribution in [3.8, 4) is 0 Å². The molecule has 0 spiro atoms. The quantitative estimate of drug-likeness (QED) is 0.812. The molecule has 1 unspecified atom stereocenters. The maximum Gasteiger partial charge on any atom is 0.237 e. The first-order valence-electron chi connectivity index (χ1n) is 8.54. The highest BCUT2D eigenvalue weighted by molar-refractivity contribution is 5.81. The predicted octanol–water partition coefficient (Wildman–Crippen LogP) is 2.29. The SMILES string of the molecule is CCN(CC)Cc1ccccc1CNC(=O)C1CCCCN1. The number of hydrogen-bond donors (Lipinski definition) is 2. The maximum absolute atomic E-state index is 12.2. The molecular formula is C18H29N3O. The topological polar surface area (TPSA) is 44.4 Å². The first-order chi connectivity index (χ1) is 10.7. The summed E-state index contributed by atoms with van der Waals surface area (Å²) < 4.78 is 0. The van der Waals surface area contributed by atoms with Crippen LogP contribution in [0.2, 0.25) is 0 Å². The van der Waals surface area contributed by atoms with Crippen LogP contribution in [0.15, 0.2) is 24.3 Å². The van der Waals surface area contributed by atoms with Gasteiger partial charge in [0.25, 0.3) is 0 Å². The fourth-order valence-corrected chi connectivity index (χ4v) is 2.95. The molecule has 22 heavy (non-hydrogen) atoms. The van der Waals surface area contributed by atoms with Gasteiger partial charge in [-0.1, -0.05) is 44.5 Å². The Hall–Kier alpha value is -1.39. The van der Waals surface area contributed by atoms with Gasteiger partial charge in [-0.25, -0.2) is 0 Å². The first kappa shape index (κ1) is 17.0. The molecule has 1 saturated heterocycles. The average Bonchev–Trinajstić information content (AvgIpc) is 2.59. The summed E-state index contributed by atoms with van der Waals surface area (Å²) in [7, 11) is 0.